The molecular formula is C26H27N7O. The molecule has 1 aliphatic carbocycles. The van der Waals surface area contributed by atoms with Gasteiger partial charge < -0.3 is 9.80 Å². The van der Waals surface area contributed by atoms with Crippen LogP contribution in [0.4, 0.5) is 5.82 Å². The van der Waals surface area contributed by atoms with E-state index in [-0.39, 0.29) is 12.2 Å². The van der Waals surface area contributed by atoms with Crippen LogP contribution in [-0.2, 0) is 6.42 Å². The third-order valence-corrected chi connectivity index (χ3v) is 6.70. The summed E-state index contributed by atoms with van der Waals surface area (Å²) in [6, 6.07) is 10.4. The Labute approximate surface area is 198 Å². The zero-order valence-electron chi connectivity index (χ0n) is 19.3. The number of hydrogen-bond acceptors (Lipinski definition) is 7. The van der Waals surface area contributed by atoms with Gasteiger partial charge in [0, 0.05) is 61.3 Å². The second kappa shape index (κ2) is 8.61. The van der Waals surface area contributed by atoms with Crippen molar-refractivity contribution >= 4 is 22.5 Å². The number of hydrogen-bond donors (Lipinski definition) is 0. The summed E-state index contributed by atoms with van der Waals surface area (Å²) in [6.45, 7) is 3.82. The predicted molar refractivity (Wildman–Crippen MR) is 131 cm³/mol. The van der Waals surface area contributed by atoms with Crippen molar-refractivity contribution in [3.63, 3.8) is 0 Å². The van der Waals surface area contributed by atoms with E-state index in [0.29, 0.717) is 17.4 Å². The van der Waals surface area contributed by atoms with Crippen molar-refractivity contribution < 1.29 is 4.79 Å². The maximum Gasteiger partial charge on any atom is 0.170 e. The Hall–Kier alpha value is -3.65. The van der Waals surface area contributed by atoms with Gasteiger partial charge in [0.2, 0.25) is 0 Å². The molecule has 4 aromatic rings. The summed E-state index contributed by atoms with van der Waals surface area (Å²) in [5.41, 5.74) is 3.63. The molecule has 2 aliphatic rings. The van der Waals surface area contributed by atoms with Crippen molar-refractivity contribution in [3.05, 3.63) is 66.5 Å². The number of fused-ring (bicyclic) bond motifs is 1. The molecule has 6 rings (SSSR count). The molecule has 8 nitrogen and oxygen atoms in total. The third-order valence-electron chi connectivity index (χ3n) is 6.70. The molecule has 3 aromatic heterocycles. The number of nitrogens with zero attached hydrogens (tertiary/aromatic N) is 7. The first-order valence-corrected chi connectivity index (χ1v) is 11.9. The Morgan fingerprint density at radius 2 is 1.85 bits per heavy atom. The molecule has 172 valence electrons. The van der Waals surface area contributed by atoms with Gasteiger partial charge in [-0.25, -0.2) is 15.0 Å². The van der Waals surface area contributed by atoms with Crippen LogP contribution < -0.4 is 4.90 Å². The molecule has 4 heterocycles. The van der Waals surface area contributed by atoms with E-state index in [1.165, 1.54) is 12.8 Å². The minimum Gasteiger partial charge on any atom is -0.354 e. The van der Waals surface area contributed by atoms with Crippen LogP contribution in [0, 0.1) is 0 Å². The normalized spacial score (nSPS) is 16.8. The zero-order valence-corrected chi connectivity index (χ0v) is 19.3. The van der Waals surface area contributed by atoms with Crippen LogP contribution in [0.15, 0.2) is 55.1 Å². The fourth-order valence-corrected chi connectivity index (χ4v) is 4.40. The third kappa shape index (κ3) is 4.28. The molecular weight excluding hydrogens is 426 g/mol. The van der Waals surface area contributed by atoms with Crippen LogP contribution in [0.1, 0.15) is 35.1 Å². The smallest absolute Gasteiger partial charge is 0.170 e. The average Bonchev–Trinajstić information content (AvgIpc) is 3.60. The molecule has 1 aromatic carbocycles. The van der Waals surface area contributed by atoms with E-state index in [1.54, 1.807) is 18.5 Å². The lowest BCUT2D eigenvalue weighted by molar-refractivity contribution is 0.0991. The lowest BCUT2D eigenvalue weighted by Gasteiger charge is -2.33. The van der Waals surface area contributed by atoms with Gasteiger partial charge in [0.25, 0.3) is 0 Å². The summed E-state index contributed by atoms with van der Waals surface area (Å²) >= 11 is 0. The molecule has 8 heteroatoms. The maximum absolute atomic E-state index is 13.1. The highest BCUT2D eigenvalue weighted by molar-refractivity contribution is 5.98. The monoisotopic (exact) mass is 453 g/mol. The van der Waals surface area contributed by atoms with Gasteiger partial charge in [-0.3, -0.25) is 9.48 Å². The lowest BCUT2D eigenvalue weighted by Crippen LogP contribution is -2.44. The van der Waals surface area contributed by atoms with E-state index >= 15 is 0 Å². The average molecular weight is 454 g/mol. The number of ketones is 1. The number of rotatable bonds is 6. The zero-order chi connectivity index (χ0) is 23.1. The molecule has 0 spiro atoms. The quantitative estimate of drug-likeness (QED) is 0.414. The van der Waals surface area contributed by atoms with E-state index in [0.717, 1.165) is 54.0 Å². The highest BCUT2D eigenvalue weighted by Gasteiger charge is 2.24. The van der Waals surface area contributed by atoms with Crippen LogP contribution in [0.5, 0.6) is 0 Å². The highest BCUT2D eigenvalue weighted by atomic mass is 16.1. The number of aromatic nitrogens is 5. The van der Waals surface area contributed by atoms with Gasteiger partial charge in [-0.15, -0.1) is 0 Å². The number of pyridine rings is 1. The Morgan fingerprint density at radius 1 is 1.00 bits per heavy atom. The van der Waals surface area contributed by atoms with Gasteiger partial charge in [0.05, 0.1) is 24.2 Å². The largest absolute Gasteiger partial charge is 0.354 e. The Morgan fingerprint density at radius 3 is 2.68 bits per heavy atom. The molecule has 0 bridgehead atoms. The summed E-state index contributed by atoms with van der Waals surface area (Å²) in [6.07, 6.45) is 10.1. The number of carbonyl (C=O) groups is 1. The van der Waals surface area contributed by atoms with E-state index in [9.17, 15) is 4.79 Å². The van der Waals surface area contributed by atoms with E-state index < -0.39 is 0 Å². The summed E-state index contributed by atoms with van der Waals surface area (Å²) in [7, 11) is 2.12. The SMILES string of the molecule is CN1CCN(c2cc(C(=O)Cc3ncc4ccc(-c5cnn(C6CC6)c5)cc4n3)ccn2)CC1. The number of piperazine rings is 1. The van der Waals surface area contributed by atoms with Crippen LogP contribution in [0.2, 0.25) is 0 Å². The van der Waals surface area contributed by atoms with Crippen LogP contribution >= 0.6 is 0 Å². The number of Topliss-reactive ketones (excluding diaryl/α,β-unsaturated/α-hetero) is 1. The first kappa shape index (κ1) is 20.9. The topological polar surface area (TPSA) is 80.0 Å². The maximum atomic E-state index is 13.1. The lowest BCUT2D eigenvalue weighted by atomic mass is 10.1. The highest BCUT2D eigenvalue weighted by Crippen LogP contribution is 2.35. The van der Waals surface area contributed by atoms with Crippen molar-refractivity contribution in [2.75, 3.05) is 38.1 Å². The molecule has 34 heavy (non-hydrogen) atoms. The van der Waals surface area contributed by atoms with Crippen molar-refractivity contribution in [1.82, 2.24) is 29.6 Å². The Balaban J connectivity index is 1.21. The molecule has 1 saturated heterocycles. The summed E-state index contributed by atoms with van der Waals surface area (Å²) < 4.78 is 2.05. The minimum absolute atomic E-state index is 0.000933. The van der Waals surface area contributed by atoms with Gasteiger partial charge in [-0.2, -0.15) is 5.10 Å². The molecule has 1 aliphatic heterocycles. The van der Waals surface area contributed by atoms with Crippen molar-refractivity contribution in [3.8, 4) is 11.1 Å². The molecule has 0 atom stereocenters. The number of anilines is 1. The van der Waals surface area contributed by atoms with Gasteiger partial charge >= 0.3 is 0 Å². The minimum atomic E-state index is -0.000933. The molecule has 1 saturated carbocycles. The fraction of sp³-hybridized carbons (Fsp3) is 0.346. The van der Waals surface area contributed by atoms with E-state index in [1.807, 2.05) is 18.3 Å². The molecule has 0 N–H and O–H groups in total. The molecule has 0 radical (unpaired) electrons. The first-order valence-electron chi connectivity index (χ1n) is 11.9. The van der Waals surface area contributed by atoms with Gasteiger partial charge in [-0.1, -0.05) is 12.1 Å². The van der Waals surface area contributed by atoms with Crippen molar-refractivity contribution in [2.24, 2.45) is 0 Å². The Kier molecular flexibility index (Phi) is 5.30. The fourth-order valence-electron chi connectivity index (χ4n) is 4.40. The van der Waals surface area contributed by atoms with Gasteiger partial charge in [-0.05, 0) is 43.7 Å². The number of carbonyl (C=O) groups excluding carboxylic acids is 1. The van der Waals surface area contributed by atoms with Crippen molar-refractivity contribution in [1.29, 1.82) is 0 Å². The van der Waals surface area contributed by atoms with Crippen molar-refractivity contribution in [2.45, 2.75) is 25.3 Å². The summed E-state index contributed by atoms with van der Waals surface area (Å²) in [5, 5.41) is 5.45. The number of likely N-dealkylation sites (N-methyl/N-ethyl adjacent to an activating group) is 1. The number of benzene rings is 1. The molecule has 0 unspecified atom stereocenters. The second-order valence-corrected chi connectivity index (χ2v) is 9.29. The van der Waals surface area contributed by atoms with Crippen LogP contribution in [-0.4, -0.2) is 68.6 Å². The van der Waals surface area contributed by atoms with E-state index in [4.69, 9.17) is 4.98 Å². The van der Waals surface area contributed by atoms with Gasteiger partial charge in [0.15, 0.2) is 5.78 Å². The predicted octanol–water partition coefficient (Wildman–Crippen LogP) is 3.40. The summed E-state index contributed by atoms with van der Waals surface area (Å²) in [5.74, 6) is 1.38. The summed E-state index contributed by atoms with van der Waals surface area (Å²) in [4.78, 5) is 31.2. The van der Waals surface area contributed by atoms with Crippen LogP contribution in [0.25, 0.3) is 22.0 Å². The Bertz CT molecular complexity index is 1350. The van der Waals surface area contributed by atoms with E-state index in [2.05, 4.69) is 54.9 Å². The van der Waals surface area contributed by atoms with Gasteiger partial charge in [0.1, 0.15) is 11.6 Å². The molecule has 0 amide bonds. The standard InChI is InChI=1S/C26H27N7O/c1-31-8-10-32(11-9-31)26-13-19(6-7-27-26)24(34)14-25-28-15-20-3-2-18(12-23(20)30-25)21-16-29-33(17-21)22-4-5-22/h2-3,6-7,12-13,15-17,22H,4-5,8-11,14H2,1H3. The molecule has 2 fully saturated rings. The van der Waals surface area contributed by atoms with Crippen LogP contribution in [0.3, 0.4) is 0 Å². The second-order valence-electron chi connectivity index (χ2n) is 9.29. The first-order chi connectivity index (χ1) is 16.6.